The van der Waals surface area contributed by atoms with Gasteiger partial charge in [0.15, 0.2) is 5.41 Å². The van der Waals surface area contributed by atoms with E-state index in [2.05, 4.69) is 5.32 Å². The number of ether oxygens (including phenoxy) is 3. The van der Waals surface area contributed by atoms with Gasteiger partial charge in [0.25, 0.3) is 0 Å². The largest absolute Gasteiger partial charge is 0.466 e. The molecule has 2 heterocycles. The minimum Gasteiger partial charge on any atom is -0.466 e. The monoisotopic (exact) mass is 344 g/mol. The van der Waals surface area contributed by atoms with Gasteiger partial charge in [-0.3, -0.25) is 0 Å². The van der Waals surface area contributed by atoms with Crippen molar-refractivity contribution in [2.45, 2.75) is 12.3 Å². The second kappa shape index (κ2) is 5.66. The molecule has 0 amide bonds. The SMILES string of the molecule is COC(=O)C1=C(N)Nc2ccccc2[C@@]12C(=O)OC(C)=C2C(=O)OC. The molecule has 3 rings (SSSR count). The second-order valence-electron chi connectivity index (χ2n) is 5.51. The second-order valence-corrected chi connectivity index (χ2v) is 5.51. The van der Waals surface area contributed by atoms with Gasteiger partial charge < -0.3 is 25.3 Å². The fourth-order valence-electron chi connectivity index (χ4n) is 3.33. The highest BCUT2D eigenvalue weighted by atomic mass is 16.6. The Morgan fingerprint density at radius 3 is 2.36 bits per heavy atom. The van der Waals surface area contributed by atoms with E-state index in [1.54, 1.807) is 24.3 Å². The topological polar surface area (TPSA) is 117 Å². The summed E-state index contributed by atoms with van der Waals surface area (Å²) in [7, 11) is 2.34. The number of anilines is 1. The molecule has 0 saturated carbocycles. The first-order chi connectivity index (χ1) is 11.9. The number of hydrogen-bond donors (Lipinski definition) is 2. The van der Waals surface area contributed by atoms with E-state index >= 15 is 0 Å². The average molecular weight is 344 g/mol. The van der Waals surface area contributed by atoms with E-state index in [9.17, 15) is 14.4 Å². The van der Waals surface area contributed by atoms with Crippen LogP contribution < -0.4 is 11.1 Å². The summed E-state index contributed by atoms with van der Waals surface area (Å²) in [5.74, 6) is -2.52. The number of benzene rings is 1. The van der Waals surface area contributed by atoms with Gasteiger partial charge in [0.1, 0.15) is 22.7 Å². The Bertz CT molecular complexity index is 870. The summed E-state index contributed by atoms with van der Waals surface area (Å²) >= 11 is 0. The number of rotatable bonds is 2. The van der Waals surface area contributed by atoms with Gasteiger partial charge in [0.2, 0.25) is 0 Å². The third-order valence-electron chi connectivity index (χ3n) is 4.30. The van der Waals surface area contributed by atoms with Crippen molar-refractivity contribution in [3.8, 4) is 0 Å². The third-order valence-corrected chi connectivity index (χ3v) is 4.30. The molecule has 0 bridgehead atoms. The molecule has 0 saturated heterocycles. The normalized spacial score (nSPS) is 21.6. The van der Waals surface area contributed by atoms with Gasteiger partial charge in [-0.2, -0.15) is 0 Å². The smallest absolute Gasteiger partial charge is 0.339 e. The number of carbonyl (C=O) groups is 3. The van der Waals surface area contributed by atoms with E-state index in [1.165, 1.54) is 14.0 Å². The number of fused-ring (bicyclic) bond motifs is 2. The van der Waals surface area contributed by atoms with E-state index in [0.717, 1.165) is 7.11 Å². The van der Waals surface area contributed by atoms with E-state index in [0.29, 0.717) is 11.3 Å². The molecule has 3 N–H and O–H groups in total. The summed E-state index contributed by atoms with van der Waals surface area (Å²) in [6.45, 7) is 1.45. The number of hydrogen-bond acceptors (Lipinski definition) is 8. The molecule has 1 aromatic rings. The van der Waals surface area contributed by atoms with Crippen molar-refractivity contribution in [1.82, 2.24) is 0 Å². The molecule has 0 aromatic heterocycles. The van der Waals surface area contributed by atoms with E-state index < -0.39 is 23.3 Å². The minimum atomic E-state index is -1.85. The van der Waals surface area contributed by atoms with Crippen LogP contribution in [0.1, 0.15) is 12.5 Å². The van der Waals surface area contributed by atoms with Crippen LogP contribution in [0.3, 0.4) is 0 Å². The van der Waals surface area contributed by atoms with Crippen LogP contribution in [0, 0.1) is 0 Å². The Hall–Kier alpha value is -3.29. The molecule has 0 unspecified atom stereocenters. The van der Waals surface area contributed by atoms with E-state index in [1.807, 2.05) is 0 Å². The number of carbonyl (C=O) groups excluding carboxylic acids is 3. The van der Waals surface area contributed by atoms with Crippen molar-refractivity contribution >= 4 is 23.6 Å². The van der Waals surface area contributed by atoms with Gasteiger partial charge in [-0.1, -0.05) is 18.2 Å². The van der Waals surface area contributed by atoms with Gasteiger partial charge in [-0.15, -0.1) is 0 Å². The van der Waals surface area contributed by atoms with Gasteiger partial charge in [-0.05, 0) is 13.0 Å². The lowest BCUT2D eigenvalue weighted by atomic mass is 9.67. The van der Waals surface area contributed by atoms with Crippen LogP contribution >= 0.6 is 0 Å². The summed E-state index contributed by atoms with van der Waals surface area (Å²) < 4.78 is 14.9. The third kappa shape index (κ3) is 2.03. The van der Waals surface area contributed by atoms with Gasteiger partial charge in [0, 0.05) is 11.3 Å². The molecule has 2 aliphatic heterocycles. The molecule has 1 aromatic carbocycles. The maximum atomic E-state index is 12.9. The molecule has 0 fully saturated rings. The number of cyclic esters (lactones) is 1. The maximum absolute atomic E-state index is 12.9. The summed E-state index contributed by atoms with van der Waals surface area (Å²) in [5, 5.41) is 2.86. The fraction of sp³-hybridized carbons (Fsp3) is 0.235. The number of nitrogens with one attached hydrogen (secondary N) is 1. The van der Waals surface area contributed by atoms with E-state index in [4.69, 9.17) is 19.9 Å². The van der Waals surface area contributed by atoms with Crippen molar-refractivity contribution in [2.24, 2.45) is 5.73 Å². The lowest BCUT2D eigenvalue weighted by Crippen LogP contribution is -2.47. The highest BCUT2D eigenvalue weighted by molar-refractivity contribution is 6.15. The van der Waals surface area contributed by atoms with Gasteiger partial charge >= 0.3 is 17.9 Å². The molecule has 8 heteroatoms. The van der Waals surface area contributed by atoms with Crippen LogP contribution in [-0.2, 0) is 34.0 Å². The molecule has 8 nitrogen and oxygen atoms in total. The molecule has 1 spiro atoms. The van der Waals surface area contributed by atoms with Crippen LogP contribution in [0.2, 0.25) is 0 Å². The van der Waals surface area contributed by atoms with Crippen LogP contribution in [0.5, 0.6) is 0 Å². The van der Waals surface area contributed by atoms with Gasteiger partial charge in [-0.25, -0.2) is 14.4 Å². The Labute approximate surface area is 143 Å². The van der Waals surface area contributed by atoms with Crippen molar-refractivity contribution in [3.05, 3.63) is 52.6 Å². The zero-order chi connectivity index (χ0) is 18.4. The summed E-state index contributed by atoms with van der Waals surface area (Å²) in [6, 6.07) is 6.69. The summed E-state index contributed by atoms with van der Waals surface area (Å²) in [5.41, 5.74) is 4.69. The van der Waals surface area contributed by atoms with Gasteiger partial charge in [0.05, 0.1) is 14.2 Å². The molecule has 2 aliphatic rings. The Kier molecular flexibility index (Phi) is 3.75. The average Bonchev–Trinajstić information content (AvgIpc) is 2.85. The predicted octanol–water partition coefficient (Wildman–Crippen LogP) is 0.697. The minimum absolute atomic E-state index is 0.0442. The zero-order valence-corrected chi connectivity index (χ0v) is 13.8. The first-order valence-corrected chi connectivity index (χ1v) is 7.36. The summed E-state index contributed by atoms with van der Waals surface area (Å²) in [4.78, 5) is 37.9. The first kappa shape index (κ1) is 16.6. The number of esters is 3. The Morgan fingerprint density at radius 2 is 1.72 bits per heavy atom. The maximum Gasteiger partial charge on any atom is 0.339 e. The number of methoxy groups -OCH3 is 2. The predicted molar refractivity (Wildman–Crippen MR) is 85.8 cm³/mol. The molecule has 130 valence electrons. The van der Waals surface area contributed by atoms with Crippen molar-refractivity contribution in [3.63, 3.8) is 0 Å². The quantitative estimate of drug-likeness (QED) is 0.595. The zero-order valence-electron chi connectivity index (χ0n) is 13.8. The molecular weight excluding hydrogens is 328 g/mol. The van der Waals surface area contributed by atoms with Crippen molar-refractivity contribution in [1.29, 1.82) is 0 Å². The first-order valence-electron chi connectivity index (χ1n) is 7.36. The molecule has 0 radical (unpaired) electrons. The summed E-state index contributed by atoms with van der Waals surface area (Å²) in [6.07, 6.45) is 0. The highest BCUT2D eigenvalue weighted by Crippen LogP contribution is 2.52. The van der Waals surface area contributed by atoms with E-state index in [-0.39, 0.29) is 22.7 Å². The van der Waals surface area contributed by atoms with Crippen LogP contribution in [0.4, 0.5) is 5.69 Å². The molecule has 1 atom stereocenters. The number of nitrogens with two attached hydrogens (primary N) is 1. The van der Waals surface area contributed by atoms with Crippen molar-refractivity contribution < 1.29 is 28.6 Å². The lowest BCUT2D eigenvalue weighted by Gasteiger charge is -2.35. The standard InChI is InChI=1S/C17H16N2O6/c1-8-11(14(20)23-2)17(16(22)25-8)9-6-4-5-7-10(9)19-13(18)12(17)15(21)24-3/h4-7,19H,18H2,1-3H3/t17-/m0/s1. The Morgan fingerprint density at radius 1 is 1.12 bits per heavy atom. The molecule has 0 aliphatic carbocycles. The highest BCUT2D eigenvalue weighted by Gasteiger charge is 2.62. The lowest BCUT2D eigenvalue weighted by molar-refractivity contribution is -0.146. The number of para-hydroxylation sites is 1. The van der Waals surface area contributed by atoms with Crippen molar-refractivity contribution in [2.75, 3.05) is 19.5 Å². The molecular formula is C17H16N2O6. The van der Waals surface area contributed by atoms with Crippen LogP contribution in [0.15, 0.2) is 47.0 Å². The van der Waals surface area contributed by atoms with Crippen LogP contribution in [0.25, 0.3) is 0 Å². The Balaban J connectivity index is 2.45. The number of allylic oxidation sites excluding steroid dienone is 1. The fourth-order valence-corrected chi connectivity index (χ4v) is 3.33. The van der Waals surface area contributed by atoms with Crippen LogP contribution in [-0.4, -0.2) is 32.1 Å². The molecule has 25 heavy (non-hydrogen) atoms.